The highest BCUT2D eigenvalue weighted by atomic mass is 16.5. The minimum absolute atomic E-state index is 0.0707. The van der Waals surface area contributed by atoms with E-state index < -0.39 is 11.8 Å². The number of amides is 2. The first-order valence-electron chi connectivity index (χ1n) is 9.58. The van der Waals surface area contributed by atoms with Gasteiger partial charge in [-0.1, -0.05) is 24.3 Å². The maximum Gasteiger partial charge on any atom is 0.262 e. The molecule has 0 aliphatic carbocycles. The van der Waals surface area contributed by atoms with E-state index in [1.54, 1.807) is 62.8 Å². The largest absolute Gasteiger partial charge is 0.497 e. The topological polar surface area (TPSA) is 124 Å². The zero-order valence-corrected chi connectivity index (χ0v) is 17.7. The number of carbonyl (C=O) groups excluding carboxylic acids is 2. The van der Waals surface area contributed by atoms with Crippen molar-refractivity contribution in [2.24, 2.45) is 0 Å². The van der Waals surface area contributed by atoms with Crippen LogP contribution in [0.25, 0.3) is 12.2 Å². The first-order valence-corrected chi connectivity index (χ1v) is 9.58. The Morgan fingerprint density at radius 3 is 1.38 bits per heavy atom. The van der Waals surface area contributed by atoms with E-state index in [1.165, 1.54) is 12.2 Å². The monoisotopic (exact) mass is 430 g/mol. The van der Waals surface area contributed by atoms with Gasteiger partial charge in [0.15, 0.2) is 0 Å². The van der Waals surface area contributed by atoms with Crippen molar-refractivity contribution in [3.05, 3.63) is 70.8 Å². The van der Waals surface area contributed by atoms with Crippen LogP contribution in [0.4, 0.5) is 0 Å². The minimum Gasteiger partial charge on any atom is -0.497 e. The summed E-state index contributed by atoms with van der Waals surface area (Å²) in [6.45, 7) is 0.181. The van der Waals surface area contributed by atoms with Gasteiger partial charge in [-0.2, -0.15) is 10.5 Å². The second kappa shape index (κ2) is 12.2. The van der Waals surface area contributed by atoms with Crippen LogP contribution in [0.3, 0.4) is 0 Å². The molecule has 162 valence electrons. The fourth-order valence-corrected chi connectivity index (χ4v) is 2.57. The molecular weight excluding hydrogens is 408 g/mol. The summed E-state index contributed by atoms with van der Waals surface area (Å²) in [6, 6.07) is 17.5. The van der Waals surface area contributed by atoms with Crippen molar-refractivity contribution in [2.45, 2.75) is 0 Å². The second-order valence-corrected chi connectivity index (χ2v) is 6.40. The van der Waals surface area contributed by atoms with Gasteiger partial charge >= 0.3 is 0 Å². The van der Waals surface area contributed by atoms with Crippen molar-refractivity contribution in [3.63, 3.8) is 0 Å². The van der Waals surface area contributed by atoms with E-state index in [4.69, 9.17) is 9.47 Å². The summed E-state index contributed by atoms with van der Waals surface area (Å²) in [7, 11) is 3.10. The number of hydrogen-bond acceptors (Lipinski definition) is 6. The maximum absolute atomic E-state index is 12.2. The highest BCUT2D eigenvalue weighted by Crippen LogP contribution is 2.15. The van der Waals surface area contributed by atoms with Crippen LogP contribution in [0.5, 0.6) is 11.5 Å². The van der Waals surface area contributed by atoms with E-state index >= 15 is 0 Å². The lowest BCUT2D eigenvalue weighted by atomic mass is 10.1. The Labute approximate surface area is 186 Å². The van der Waals surface area contributed by atoms with Gasteiger partial charge in [0, 0.05) is 13.1 Å². The van der Waals surface area contributed by atoms with Gasteiger partial charge in [0.1, 0.15) is 34.8 Å². The van der Waals surface area contributed by atoms with E-state index in [-0.39, 0.29) is 24.2 Å². The zero-order valence-electron chi connectivity index (χ0n) is 17.7. The van der Waals surface area contributed by atoms with Crippen molar-refractivity contribution in [3.8, 4) is 23.6 Å². The van der Waals surface area contributed by atoms with E-state index in [1.807, 2.05) is 12.1 Å². The molecule has 2 aromatic carbocycles. The molecule has 8 heteroatoms. The van der Waals surface area contributed by atoms with Crippen LogP contribution in [0.15, 0.2) is 59.7 Å². The summed E-state index contributed by atoms with van der Waals surface area (Å²) in [4.78, 5) is 24.4. The Morgan fingerprint density at radius 2 is 1.09 bits per heavy atom. The molecule has 0 saturated carbocycles. The van der Waals surface area contributed by atoms with Gasteiger partial charge in [0.05, 0.1) is 14.2 Å². The molecule has 2 amide bonds. The van der Waals surface area contributed by atoms with Crippen LogP contribution in [0.1, 0.15) is 11.1 Å². The molecule has 0 aliphatic rings. The SMILES string of the molecule is COc1ccc(/C=C(\C#N)C(=O)NCCNC(=O)/C(C#N)=C/c2ccc(OC)cc2)cc1. The fourth-order valence-electron chi connectivity index (χ4n) is 2.57. The summed E-state index contributed by atoms with van der Waals surface area (Å²) in [5.74, 6) is 0.205. The number of nitrogens with one attached hydrogen (secondary N) is 2. The van der Waals surface area contributed by atoms with Gasteiger partial charge in [0.2, 0.25) is 0 Å². The van der Waals surface area contributed by atoms with Gasteiger partial charge in [-0.25, -0.2) is 0 Å². The molecule has 0 fully saturated rings. The standard InChI is InChI=1S/C24H22N4O4/c1-31-21-7-3-17(4-8-21)13-19(15-25)23(29)27-11-12-28-24(30)20(16-26)14-18-5-9-22(32-2)10-6-18/h3-10,13-14H,11-12H2,1-2H3,(H,27,29)(H,28,30)/b19-13+,20-14+. The van der Waals surface area contributed by atoms with Crippen LogP contribution in [-0.2, 0) is 9.59 Å². The van der Waals surface area contributed by atoms with E-state index in [2.05, 4.69) is 10.6 Å². The molecule has 32 heavy (non-hydrogen) atoms. The van der Waals surface area contributed by atoms with Crippen molar-refractivity contribution in [1.29, 1.82) is 10.5 Å². The quantitative estimate of drug-likeness (QED) is 0.358. The number of hydrogen-bond donors (Lipinski definition) is 2. The molecule has 2 N–H and O–H groups in total. The van der Waals surface area contributed by atoms with Crippen LogP contribution in [0, 0.1) is 22.7 Å². The lowest BCUT2D eigenvalue weighted by Gasteiger charge is -2.07. The summed E-state index contributed by atoms with van der Waals surface area (Å²) in [6.07, 6.45) is 2.91. The average molecular weight is 430 g/mol. The first-order chi connectivity index (χ1) is 15.5. The number of carbonyl (C=O) groups is 2. The predicted octanol–water partition coefficient (Wildman–Crippen LogP) is 2.45. The third-order valence-electron chi connectivity index (χ3n) is 4.28. The molecule has 0 heterocycles. The fraction of sp³-hybridized carbons (Fsp3) is 0.167. The van der Waals surface area contributed by atoms with Crippen molar-refractivity contribution in [1.82, 2.24) is 10.6 Å². The Balaban J connectivity index is 1.88. The zero-order chi connectivity index (χ0) is 23.3. The molecule has 0 bridgehead atoms. The lowest BCUT2D eigenvalue weighted by Crippen LogP contribution is -2.35. The van der Waals surface area contributed by atoms with Crippen LogP contribution >= 0.6 is 0 Å². The summed E-state index contributed by atoms with van der Waals surface area (Å²) >= 11 is 0. The van der Waals surface area contributed by atoms with Gasteiger partial charge in [-0.3, -0.25) is 9.59 Å². The number of ether oxygens (including phenoxy) is 2. The van der Waals surface area contributed by atoms with Crippen LogP contribution < -0.4 is 20.1 Å². The first kappa shape index (κ1) is 23.7. The predicted molar refractivity (Wildman–Crippen MR) is 119 cm³/mol. The molecule has 0 spiro atoms. The highest BCUT2D eigenvalue weighted by molar-refractivity contribution is 6.02. The Hall–Kier alpha value is -4.56. The molecule has 0 saturated heterocycles. The summed E-state index contributed by atoms with van der Waals surface area (Å²) in [5.41, 5.74) is 1.21. The number of nitriles is 2. The van der Waals surface area contributed by atoms with Crippen LogP contribution in [0.2, 0.25) is 0 Å². The number of benzene rings is 2. The lowest BCUT2D eigenvalue weighted by molar-refractivity contribution is -0.118. The highest BCUT2D eigenvalue weighted by Gasteiger charge is 2.11. The number of methoxy groups -OCH3 is 2. The third kappa shape index (κ3) is 7.05. The number of nitrogens with zero attached hydrogens (tertiary/aromatic N) is 2. The summed E-state index contributed by atoms with van der Waals surface area (Å²) in [5, 5.41) is 23.6. The van der Waals surface area contributed by atoms with Gasteiger partial charge < -0.3 is 20.1 Å². The Morgan fingerprint density at radius 1 is 0.750 bits per heavy atom. The normalized spacial score (nSPS) is 11.0. The molecule has 0 unspecified atom stereocenters. The molecule has 8 nitrogen and oxygen atoms in total. The maximum atomic E-state index is 12.2. The molecular formula is C24H22N4O4. The summed E-state index contributed by atoms with van der Waals surface area (Å²) < 4.78 is 10.1. The molecule has 0 aromatic heterocycles. The number of rotatable bonds is 9. The van der Waals surface area contributed by atoms with E-state index in [0.717, 1.165) is 0 Å². The average Bonchev–Trinajstić information content (AvgIpc) is 2.84. The van der Waals surface area contributed by atoms with E-state index in [9.17, 15) is 20.1 Å². The van der Waals surface area contributed by atoms with Crippen molar-refractivity contribution >= 4 is 24.0 Å². The Kier molecular flexibility index (Phi) is 9.05. The second-order valence-electron chi connectivity index (χ2n) is 6.40. The van der Waals surface area contributed by atoms with E-state index in [0.29, 0.717) is 22.6 Å². The molecule has 0 radical (unpaired) electrons. The molecule has 2 aromatic rings. The van der Waals surface area contributed by atoms with Gasteiger partial charge in [-0.15, -0.1) is 0 Å². The molecule has 0 aliphatic heterocycles. The van der Waals surface area contributed by atoms with Crippen molar-refractivity contribution < 1.29 is 19.1 Å². The third-order valence-corrected chi connectivity index (χ3v) is 4.28. The van der Waals surface area contributed by atoms with Gasteiger partial charge in [0.25, 0.3) is 11.8 Å². The Bertz CT molecular complexity index is 999. The molecule has 0 atom stereocenters. The van der Waals surface area contributed by atoms with Crippen molar-refractivity contribution in [2.75, 3.05) is 27.3 Å². The molecule has 2 rings (SSSR count). The minimum atomic E-state index is -0.563. The smallest absolute Gasteiger partial charge is 0.262 e. The van der Waals surface area contributed by atoms with Gasteiger partial charge in [-0.05, 0) is 47.5 Å². The van der Waals surface area contributed by atoms with Crippen LogP contribution in [-0.4, -0.2) is 39.1 Å².